The fourth-order valence-corrected chi connectivity index (χ4v) is 1.95. The number of aromatic nitrogens is 2. The van der Waals surface area contributed by atoms with Crippen molar-refractivity contribution in [2.45, 2.75) is 6.92 Å². The molecule has 0 bridgehead atoms. The Morgan fingerprint density at radius 2 is 2.00 bits per heavy atom. The average molecular weight is 327 g/mol. The van der Waals surface area contributed by atoms with E-state index in [1.807, 2.05) is 19.1 Å². The zero-order valence-electron chi connectivity index (χ0n) is 12.8. The predicted molar refractivity (Wildman–Crippen MR) is 85.0 cm³/mol. The topological polar surface area (TPSA) is 77.2 Å². The normalized spacial score (nSPS) is 10.4. The highest BCUT2D eigenvalue weighted by molar-refractivity contribution is 5.89. The number of nitrogens with one attached hydrogen (secondary N) is 1. The number of rotatable bonds is 5. The predicted octanol–water partition coefficient (Wildman–Crippen LogP) is 3.20. The van der Waals surface area contributed by atoms with Gasteiger partial charge in [-0.1, -0.05) is 28.9 Å². The number of anilines is 1. The molecular weight excluding hydrogens is 313 g/mol. The Bertz CT molecular complexity index is 846. The minimum absolute atomic E-state index is 0.0771. The Morgan fingerprint density at radius 3 is 2.75 bits per heavy atom. The second-order valence-corrected chi connectivity index (χ2v) is 5.07. The van der Waals surface area contributed by atoms with Crippen molar-refractivity contribution in [2.75, 3.05) is 11.9 Å². The Labute approximate surface area is 137 Å². The van der Waals surface area contributed by atoms with Crippen LogP contribution in [0.4, 0.5) is 10.4 Å². The quantitative estimate of drug-likeness (QED) is 0.778. The van der Waals surface area contributed by atoms with Crippen molar-refractivity contribution in [3.8, 4) is 17.2 Å². The molecule has 0 radical (unpaired) electrons. The van der Waals surface area contributed by atoms with Crippen molar-refractivity contribution >= 4 is 11.9 Å². The summed E-state index contributed by atoms with van der Waals surface area (Å²) in [6, 6.07) is 13.0. The van der Waals surface area contributed by atoms with Crippen LogP contribution >= 0.6 is 0 Å². The van der Waals surface area contributed by atoms with Gasteiger partial charge < -0.3 is 9.15 Å². The number of benzene rings is 2. The Morgan fingerprint density at radius 1 is 1.21 bits per heavy atom. The number of ether oxygens (including phenoxy) is 1. The molecule has 6 nitrogen and oxygen atoms in total. The summed E-state index contributed by atoms with van der Waals surface area (Å²) in [5, 5.41) is 9.90. The second-order valence-electron chi connectivity index (χ2n) is 5.07. The van der Waals surface area contributed by atoms with E-state index >= 15 is 0 Å². The summed E-state index contributed by atoms with van der Waals surface area (Å²) in [7, 11) is 0. The second kappa shape index (κ2) is 6.91. The van der Waals surface area contributed by atoms with Crippen LogP contribution in [0.1, 0.15) is 5.56 Å². The average Bonchev–Trinajstić information content (AvgIpc) is 3.03. The van der Waals surface area contributed by atoms with Crippen molar-refractivity contribution in [2.24, 2.45) is 0 Å². The van der Waals surface area contributed by atoms with Crippen LogP contribution in [0, 0.1) is 12.7 Å². The van der Waals surface area contributed by atoms with Crippen molar-refractivity contribution in [3.63, 3.8) is 0 Å². The van der Waals surface area contributed by atoms with Crippen LogP contribution in [0.3, 0.4) is 0 Å². The van der Waals surface area contributed by atoms with Crippen LogP contribution in [0.2, 0.25) is 0 Å². The van der Waals surface area contributed by atoms with Crippen LogP contribution in [0.25, 0.3) is 11.5 Å². The highest BCUT2D eigenvalue weighted by atomic mass is 19.1. The van der Waals surface area contributed by atoms with Crippen LogP contribution in [-0.4, -0.2) is 22.7 Å². The van der Waals surface area contributed by atoms with Crippen molar-refractivity contribution < 1.29 is 18.3 Å². The molecule has 0 fully saturated rings. The molecule has 1 heterocycles. The molecule has 1 N–H and O–H groups in total. The zero-order valence-corrected chi connectivity index (χ0v) is 12.8. The molecule has 0 saturated heterocycles. The third kappa shape index (κ3) is 3.95. The maximum Gasteiger partial charge on any atom is 0.322 e. The molecule has 1 amide bonds. The molecule has 0 saturated carbocycles. The lowest BCUT2D eigenvalue weighted by atomic mass is 10.2. The third-order valence-electron chi connectivity index (χ3n) is 3.13. The molecule has 2 aromatic carbocycles. The number of hydrogen-bond donors (Lipinski definition) is 1. The fraction of sp³-hybridized carbons (Fsp3) is 0.118. The molecular formula is C17H14FN3O3. The molecule has 1 aromatic heterocycles. The van der Waals surface area contributed by atoms with Gasteiger partial charge in [-0.25, -0.2) is 4.39 Å². The van der Waals surface area contributed by atoms with Gasteiger partial charge in [-0.15, -0.1) is 5.10 Å². The third-order valence-corrected chi connectivity index (χ3v) is 3.13. The van der Waals surface area contributed by atoms with E-state index in [-0.39, 0.29) is 18.5 Å². The van der Waals surface area contributed by atoms with Gasteiger partial charge in [0.2, 0.25) is 5.89 Å². The van der Waals surface area contributed by atoms with Crippen molar-refractivity contribution in [1.29, 1.82) is 0 Å². The summed E-state index contributed by atoms with van der Waals surface area (Å²) < 4.78 is 23.8. The smallest absolute Gasteiger partial charge is 0.322 e. The summed E-state index contributed by atoms with van der Waals surface area (Å²) in [5.74, 6) is -0.154. The summed E-state index contributed by atoms with van der Waals surface area (Å²) in [6.45, 7) is 1.77. The summed E-state index contributed by atoms with van der Waals surface area (Å²) >= 11 is 0. The lowest BCUT2D eigenvalue weighted by Crippen LogP contribution is -2.20. The van der Waals surface area contributed by atoms with Crippen LogP contribution < -0.4 is 10.1 Å². The van der Waals surface area contributed by atoms with Crippen LogP contribution in [0.5, 0.6) is 5.75 Å². The Hall–Kier alpha value is -3.22. The molecule has 0 aliphatic carbocycles. The number of halogens is 1. The number of nitrogens with zero attached hydrogens (tertiary/aromatic N) is 2. The number of carbonyl (C=O) groups is 1. The SMILES string of the molecule is Cc1ccc(OCC(=O)Nc2nnc(-c3cccc(F)c3)o2)cc1. The molecule has 7 heteroatoms. The lowest BCUT2D eigenvalue weighted by Gasteiger charge is -2.05. The maximum absolute atomic E-state index is 13.2. The monoisotopic (exact) mass is 327 g/mol. The first-order valence-corrected chi connectivity index (χ1v) is 7.19. The molecule has 3 rings (SSSR count). The molecule has 3 aromatic rings. The number of hydrogen-bond acceptors (Lipinski definition) is 5. The fourth-order valence-electron chi connectivity index (χ4n) is 1.95. The van der Waals surface area contributed by atoms with Gasteiger partial charge in [-0.2, -0.15) is 0 Å². The molecule has 122 valence electrons. The summed E-state index contributed by atoms with van der Waals surface area (Å²) in [6.07, 6.45) is 0. The van der Waals surface area contributed by atoms with Gasteiger partial charge in [0.15, 0.2) is 6.61 Å². The number of carbonyl (C=O) groups excluding carboxylic acids is 1. The van der Waals surface area contributed by atoms with E-state index in [4.69, 9.17) is 9.15 Å². The first-order valence-electron chi connectivity index (χ1n) is 7.19. The Balaban J connectivity index is 1.58. The number of aryl methyl sites for hydroxylation is 1. The van der Waals surface area contributed by atoms with Gasteiger partial charge in [-0.3, -0.25) is 10.1 Å². The molecule has 0 atom stereocenters. The van der Waals surface area contributed by atoms with Crippen LogP contribution in [-0.2, 0) is 4.79 Å². The van der Waals surface area contributed by atoms with E-state index in [2.05, 4.69) is 15.5 Å². The van der Waals surface area contributed by atoms with Gasteiger partial charge in [0.1, 0.15) is 11.6 Å². The summed E-state index contributed by atoms with van der Waals surface area (Å²) in [5.41, 5.74) is 1.53. The maximum atomic E-state index is 13.2. The van der Waals surface area contributed by atoms with E-state index in [0.29, 0.717) is 11.3 Å². The molecule has 0 unspecified atom stereocenters. The first kappa shape index (κ1) is 15.7. The van der Waals surface area contributed by atoms with Crippen LogP contribution in [0.15, 0.2) is 52.9 Å². The van der Waals surface area contributed by atoms with Crippen molar-refractivity contribution in [1.82, 2.24) is 10.2 Å². The zero-order chi connectivity index (χ0) is 16.9. The van der Waals surface area contributed by atoms with Gasteiger partial charge >= 0.3 is 6.01 Å². The van der Waals surface area contributed by atoms with E-state index < -0.39 is 11.7 Å². The molecule has 0 spiro atoms. The first-order chi connectivity index (χ1) is 11.6. The standard InChI is InChI=1S/C17H14FN3O3/c1-11-5-7-14(8-6-11)23-10-15(22)19-17-21-20-16(24-17)12-3-2-4-13(18)9-12/h2-9H,10H2,1H3,(H,19,21,22). The van der Waals surface area contributed by atoms with E-state index in [0.717, 1.165) is 5.56 Å². The van der Waals surface area contributed by atoms with E-state index in [1.165, 1.54) is 18.2 Å². The van der Waals surface area contributed by atoms with E-state index in [1.54, 1.807) is 18.2 Å². The van der Waals surface area contributed by atoms with Gasteiger partial charge in [0.05, 0.1) is 0 Å². The van der Waals surface area contributed by atoms with Gasteiger partial charge in [0.25, 0.3) is 5.91 Å². The Kier molecular flexibility index (Phi) is 4.51. The minimum Gasteiger partial charge on any atom is -0.484 e. The number of amides is 1. The van der Waals surface area contributed by atoms with E-state index in [9.17, 15) is 9.18 Å². The molecule has 0 aliphatic heterocycles. The molecule has 0 aliphatic rings. The lowest BCUT2D eigenvalue weighted by molar-refractivity contribution is -0.118. The minimum atomic E-state index is -0.440. The summed E-state index contributed by atoms with van der Waals surface area (Å²) in [4.78, 5) is 11.8. The highest BCUT2D eigenvalue weighted by Gasteiger charge is 2.12. The highest BCUT2D eigenvalue weighted by Crippen LogP contribution is 2.20. The van der Waals surface area contributed by atoms with Gasteiger partial charge in [0, 0.05) is 5.56 Å². The largest absolute Gasteiger partial charge is 0.484 e. The van der Waals surface area contributed by atoms with Gasteiger partial charge in [-0.05, 0) is 37.3 Å². The molecule has 24 heavy (non-hydrogen) atoms. The van der Waals surface area contributed by atoms with Crippen molar-refractivity contribution in [3.05, 3.63) is 59.9 Å².